The van der Waals surface area contributed by atoms with E-state index < -0.39 is 0 Å². The molecule has 4 aromatic rings. The summed E-state index contributed by atoms with van der Waals surface area (Å²) in [6.45, 7) is 0. The summed E-state index contributed by atoms with van der Waals surface area (Å²) in [5.41, 5.74) is 15.2. The van der Waals surface area contributed by atoms with Gasteiger partial charge < -0.3 is 4.90 Å². The largest absolute Gasteiger partial charge is 0.308 e. The summed E-state index contributed by atoms with van der Waals surface area (Å²) in [5, 5.41) is 0. The first-order valence-corrected chi connectivity index (χ1v) is 9.96. The van der Waals surface area contributed by atoms with Gasteiger partial charge in [0, 0.05) is 19.0 Å². The van der Waals surface area contributed by atoms with Crippen molar-refractivity contribution in [3.05, 3.63) is 106 Å². The topological polar surface area (TPSA) is 16.1 Å². The van der Waals surface area contributed by atoms with Crippen LogP contribution in [0.25, 0.3) is 11.1 Å². The summed E-state index contributed by atoms with van der Waals surface area (Å²) in [6.07, 6.45) is 4.88. The number of pyridine rings is 1. The highest BCUT2D eigenvalue weighted by atomic mass is 15.2. The van der Waals surface area contributed by atoms with Gasteiger partial charge in [-0.2, -0.15) is 0 Å². The Morgan fingerprint density at radius 1 is 0.643 bits per heavy atom. The minimum Gasteiger partial charge on any atom is -0.308 e. The van der Waals surface area contributed by atoms with Gasteiger partial charge in [0.1, 0.15) is 0 Å². The smallest absolute Gasteiger partial charge is 0.0688 e. The van der Waals surface area contributed by atoms with Crippen molar-refractivity contribution in [2.45, 2.75) is 19.3 Å². The van der Waals surface area contributed by atoms with Crippen molar-refractivity contribution in [1.82, 2.24) is 4.98 Å². The van der Waals surface area contributed by atoms with Crippen LogP contribution in [0.4, 0.5) is 17.1 Å². The summed E-state index contributed by atoms with van der Waals surface area (Å²) in [7, 11) is 0. The Morgan fingerprint density at radius 3 is 2.46 bits per heavy atom. The van der Waals surface area contributed by atoms with Crippen molar-refractivity contribution >= 4 is 17.1 Å². The molecule has 132 valence electrons. The molecule has 1 aliphatic carbocycles. The molecule has 2 nitrogen and oxygen atoms in total. The molecule has 1 aromatic heterocycles. The number of benzene rings is 3. The second kappa shape index (κ2) is 5.11. The normalized spacial score (nSPS) is 14.6. The maximum Gasteiger partial charge on any atom is 0.0688 e. The lowest BCUT2D eigenvalue weighted by Crippen LogP contribution is -2.25. The van der Waals surface area contributed by atoms with Gasteiger partial charge in [-0.25, -0.2) is 0 Å². The molecule has 0 N–H and O–H groups in total. The van der Waals surface area contributed by atoms with Gasteiger partial charge in [0.15, 0.2) is 0 Å². The minimum atomic E-state index is 0.916. The number of hydrogen-bond acceptors (Lipinski definition) is 2. The second-order valence-electron chi connectivity index (χ2n) is 8.01. The van der Waals surface area contributed by atoms with Crippen LogP contribution in [0.15, 0.2) is 72.9 Å². The fraction of sp³-hybridized carbons (Fsp3) is 0.115. The number of aromatic nitrogens is 1. The Labute approximate surface area is 164 Å². The summed E-state index contributed by atoms with van der Waals surface area (Å²) < 4.78 is 0. The highest BCUT2D eigenvalue weighted by molar-refractivity contribution is 5.94. The molecule has 0 unspecified atom stereocenters. The third kappa shape index (κ3) is 1.75. The molecular formula is C26H18N2. The number of anilines is 3. The van der Waals surface area contributed by atoms with Crippen molar-refractivity contribution in [3.63, 3.8) is 0 Å². The van der Waals surface area contributed by atoms with Gasteiger partial charge in [-0.1, -0.05) is 48.5 Å². The molecule has 2 heteroatoms. The lowest BCUT2D eigenvalue weighted by molar-refractivity contribution is 0.971. The third-order valence-electron chi connectivity index (χ3n) is 6.54. The molecule has 0 radical (unpaired) electrons. The van der Waals surface area contributed by atoms with Crippen LogP contribution in [-0.4, -0.2) is 4.98 Å². The van der Waals surface area contributed by atoms with Crippen LogP contribution in [0.5, 0.6) is 0 Å². The monoisotopic (exact) mass is 358 g/mol. The molecule has 0 bridgehead atoms. The predicted molar refractivity (Wildman–Crippen MR) is 113 cm³/mol. The quantitative estimate of drug-likeness (QED) is 0.334. The Hall–Kier alpha value is -3.39. The summed E-state index contributed by atoms with van der Waals surface area (Å²) in [5.74, 6) is 0. The van der Waals surface area contributed by atoms with Crippen LogP contribution >= 0.6 is 0 Å². The summed E-state index contributed by atoms with van der Waals surface area (Å²) in [4.78, 5) is 7.18. The van der Waals surface area contributed by atoms with Crippen molar-refractivity contribution in [1.29, 1.82) is 0 Å². The minimum absolute atomic E-state index is 0.916. The molecule has 0 amide bonds. The van der Waals surface area contributed by atoms with E-state index in [-0.39, 0.29) is 0 Å². The average Bonchev–Trinajstić information content (AvgIpc) is 3.12. The lowest BCUT2D eigenvalue weighted by Gasteiger charge is -2.39. The van der Waals surface area contributed by atoms with Gasteiger partial charge in [-0.15, -0.1) is 0 Å². The highest BCUT2D eigenvalue weighted by Crippen LogP contribution is 2.53. The highest BCUT2D eigenvalue weighted by Gasteiger charge is 2.34. The van der Waals surface area contributed by atoms with Crippen LogP contribution in [0, 0.1) is 0 Å². The van der Waals surface area contributed by atoms with Crippen LogP contribution < -0.4 is 4.90 Å². The van der Waals surface area contributed by atoms with E-state index in [2.05, 4.69) is 71.6 Å². The molecule has 3 aliphatic rings. The Bertz CT molecular complexity index is 1300. The van der Waals surface area contributed by atoms with E-state index in [4.69, 9.17) is 4.98 Å². The molecule has 3 heterocycles. The average molecular weight is 358 g/mol. The zero-order chi connectivity index (χ0) is 18.2. The number of para-hydroxylation sites is 1. The van der Waals surface area contributed by atoms with E-state index in [0.717, 1.165) is 19.3 Å². The maximum atomic E-state index is 4.71. The SMILES string of the molecule is c1ccc2c(c1)Cc1ccc3c(c1-2)Cc1cccc2c1N3c1cccnc1C2. The number of rotatable bonds is 0. The van der Waals surface area contributed by atoms with Crippen molar-refractivity contribution in [2.24, 2.45) is 0 Å². The second-order valence-corrected chi connectivity index (χ2v) is 8.01. The number of fused-ring (bicyclic) bond motifs is 8. The molecular weight excluding hydrogens is 340 g/mol. The first-order valence-electron chi connectivity index (χ1n) is 9.96. The number of nitrogens with zero attached hydrogens (tertiary/aromatic N) is 2. The number of hydrogen-bond donors (Lipinski definition) is 0. The van der Waals surface area contributed by atoms with Crippen LogP contribution in [-0.2, 0) is 19.3 Å². The van der Waals surface area contributed by atoms with Gasteiger partial charge in [0.05, 0.1) is 22.8 Å². The summed E-state index contributed by atoms with van der Waals surface area (Å²) >= 11 is 0. The van der Waals surface area contributed by atoms with E-state index in [1.54, 1.807) is 0 Å². The molecule has 7 rings (SSSR count). The van der Waals surface area contributed by atoms with Crippen molar-refractivity contribution in [2.75, 3.05) is 4.90 Å². The molecule has 0 spiro atoms. The van der Waals surface area contributed by atoms with Gasteiger partial charge in [-0.05, 0) is 63.6 Å². The lowest BCUT2D eigenvalue weighted by atomic mass is 9.84. The van der Waals surface area contributed by atoms with Gasteiger partial charge in [0.2, 0.25) is 0 Å². The third-order valence-corrected chi connectivity index (χ3v) is 6.54. The molecule has 0 atom stereocenters. The molecule has 0 saturated heterocycles. The zero-order valence-electron chi connectivity index (χ0n) is 15.4. The Morgan fingerprint density at radius 2 is 1.50 bits per heavy atom. The first-order chi connectivity index (χ1) is 13.9. The van der Waals surface area contributed by atoms with Crippen molar-refractivity contribution < 1.29 is 0 Å². The van der Waals surface area contributed by atoms with Crippen LogP contribution in [0.2, 0.25) is 0 Å². The van der Waals surface area contributed by atoms with Crippen LogP contribution in [0.1, 0.15) is 33.5 Å². The fourth-order valence-corrected chi connectivity index (χ4v) is 5.41. The van der Waals surface area contributed by atoms with Gasteiger partial charge >= 0.3 is 0 Å². The first kappa shape index (κ1) is 14.6. The van der Waals surface area contributed by atoms with Crippen LogP contribution in [0.3, 0.4) is 0 Å². The van der Waals surface area contributed by atoms with E-state index in [9.17, 15) is 0 Å². The van der Waals surface area contributed by atoms with E-state index in [1.165, 1.54) is 61.7 Å². The molecule has 0 saturated carbocycles. The fourth-order valence-electron chi connectivity index (χ4n) is 5.41. The van der Waals surface area contributed by atoms with Gasteiger partial charge in [-0.3, -0.25) is 4.98 Å². The van der Waals surface area contributed by atoms with E-state index in [1.807, 2.05) is 6.20 Å². The van der Waals surface area contributed by atoms with Crippen molar-refractivity contribution in [3.8, 4) is 11.1 Å². The van der Waals surface area contributed by atoms with E-state index in [0.29, 0.717) is 0 Å². The molecule has 2 aliphatic heterocycles. The zero-order valence-corrected chi connectivity index (χ0v) is 15.4. The Balaban J connectivity index is 1.56. The Kier molecular flexibility index (Phi) is 2.67. The molecule has 3 aromatic carbocycles. The van der Waals surface area contributed by atoms with Gasteiger partial charge in [0.25, 0.3) is 0 Å². The standard InChI is InChI=1S/C26H18N2/c1-2-8-20-16(5-1)13-17-10-11-23-21(25(17)20)14-18-6-3-7-19-15-22-24(9-4-12-27-22)28(23)26(18)19/h1-12H,13-15H2. The summed E-state index contributed by atoms with van der Waals surface area (Å²) in [6, 6.07) is 24.6. The predicted octanol–water partition coefficient (Wildman–Crippen LogP) is 5.93. The molecule has 28 heavy (non-hydrogen) atoms. The van der Waals surface area contributed by atoms with E-state index >= 15 is 0 Å². The molecule has 0 fully saturated rings. The maximum absolute atomic E-state index is 4.71.